The molecule has 7 nitrogen and oxygen atoms in total. The van der Waals surface area contributed by atoms with Gasteiger partial charge in [0.05, 0.1) is 17.1 Å². The highest BCUT2D eigenvalue weighted by molar-refractivity contribution is 7.13. The molecule has 3 aromatic rings. The normalized spacial score (nSPS) is 15.7. The number of nitrogens with one attached hydrogen (secondary N) is 1. The minimum atomic E-state index is -0.0646. The summed E-state index contributed by atoms with van der Waals surface area (Å²) in [5.41, 5.74) is 0.455. The first-order valence-electron chi connectivity index (χ1n) is 8.87. The number of carbonyl (C=O) groups is 1. The molecule has 1 fully saturated rings. The molecule has 140 valence electrons. The summed E-state index contributed by atoms with van der Waals surface area (Å²) in [6.45, 7) is 2.16. The van der Waals surface area contributed by atoms with E-state index in [0.717, 1.165) is 30.8 Å². The van der Waals surface area contributed by atoms with E-state index in [0.29, 0.717) is 23.9 Å². The van der Waals surface area contributed by atoms with E-state index in [9.17, 15) is 9.90 Å². The van der Waals surface area contributed by atoms with Crippen LogP contribution in [0.3, 0.4) is 0 Å². The number of likely N-dealkylation sites (tertiary alicyclic amines) is 1. The molecule has 0 unspecified atom stereocenters. The second-order valence-corrected chi connectivity index (χ2v) is 7.49. The van der Waals surface area contributed by atoms with Crippen LogP contribution in [0.5, 0.6) is 5.75 Å². The SMILES string of the molecule is O=C(Nc1ccccc1O)C1CCN(Cc2nc(-c3cccs3)no2)CC1. The third-order valence-corrected chi connectivity index (χ3v) is 5.55. The van der Waals surface area contributed by atoms with Crippen molar-refractivity contribution in [3.8, 4) is 16.5 Å². The van der Waals surface area contributed by atoms with E-state index in [-0.39, 0.29) is 17.6 Å². The number of thiophene rings is 1. The van der Waals surface area contributed by atoms with Crippen molar-refractivity contribution in [1.82, 2.24) is 15.0 Å². The fourth-order valence-electron chi connectivity index (χ4n) is 3.18. The number of carbonyl (C=O) groups excluding carboxylic acids is 1. The fraction of sp³-hybridized carbons (Fsp3) is 0.316. The predicted octanol–water partition coefficient (Wildman–Crippen LogP) is 3.35. The number of nitrogens with zero attached hydrogens (tertiary/aromatic N) is 3. The van der Waals surface area contributed by atoms with Gasteiger partial charge in [0, 0.05) is 5.92 Å². The molecule has 0 bridgehead atoms. The van der Waals surface area contributed by atoms with Crippen LogP contribution in [-0.4, -0.2) is 39.1 Å². The zero-order valence-corrected chi connectivity index (χ0v) is 15.5. The van der Waals surface area contributed by atoms with Crippen LogP contribution < -0.4 is 5.32 Å². The molecule has 0 atom stereocenters. The molecule has 27 heavy (non-hydrogen) atoms. The van der Waals surface area contributed by atoms with E-state index in [2.05, 4.69) is 20.4 Å². The van der Waals surface area contributed by atoms with Gasteiger partial charge < -0.3 is 14.9 Å². The summed E-state index contributed by atoms with van der Waals surface area (Å²) >= 11 is 1.58. The lowest BCUT2D eigenvalue weighted by molar-refractivity contribution is -0.121. The van der Waals surface area contributed by atoms with E-state index in [1.165, 1.54) is 0 Å². The average Bonchev–Trinajstić information content (AvgIpc) is 3.36. The minimum absolute atomic E-state index is 0.0473. The topological polar surface area (TPSA) is 91.5 Å². The first-order chi connectivity index (χ1) is 13.2. The van der Waals surface area contributed by atoms with Gasteiger partial charge in [-0.15, -0.1) is 11.3 Å². The Morgan fingerprint density at radius 2 is 2.07 bits per heavy atom. The van der Waals surface area contributed by atoms with Gasteiger partial charge in [-0.2, -0.15) is 4.98 Å². The fourth-order valence-corrected chi connectivity index (χ4v) is 3.83. The first-order valence-corrected chi connectivity index (χ1v) is 9.74. The third-order valence-electron chi connectivity index (χ3n) is 4.69. The lowest BCUT2D eigenvalue weighted by Gasteiger charge is -2.30. The average molecular weight is 384 g/mol. The van der Waals surface area contributed by atoms with Crippen molar-refractivity contribution >= 4 is 22.9 Å². The van der Waals surface area contributed by atoms with Gasteiger partial charge >= 0.3 is 0 Å². The van der Waals surface area contributed by atoms with Gasteiger partial charge in [0.15, 0.2) is 0 Å². The van der Waals surface area contributed by atoms with Crippen LogP contribution in [0.25, 0.3) is 10.7 Å². The van der Waals surface area contributed by atoms with Crippen molar-refractivity contribution in [2.45, 2.75) is 19.4 Å². The largest absolute Gasteiger partial charge is 0.506 e. The number of amides is 1. The molecule has 1 aliphatic heterocycles. The number of para-hydroxylation sites is 2. The quantitative estimate of drug-likeness (QED) is 0.656. The minimum Gasteiger partial charge on any atom is -0.506 e. The van der Waals surface area contributed by atoms with Gasteiger partial charge in [-0.05, 0) is 49.5 Å². The molecule has 0 saturated carbocycles. The van der Waals surface area contributed by atoms with Crippen LogP contribution in [0.2, 0.25) is 0 Å². The molecule has 2 aromatic heterocycles. The maximum atomic E-state index is 12.4. The molecule has 0 aliphatic carbocycles. The second kappa shape index (κ2) is 7.89. The second-order valence-electron chi connectivity index (χ2n) is 6.55. The first kappa shape index (κ1) is 17.7. The Bertz CT molecular complexity index is 901. The summed E-state index contributed by atoms with van der Waals surface area (Å²) in [5.74, 6) is 1.19. The van der Waals surface area contributed by atoms with Crippen molar-refractivity contribution < 1.29 is 14.4 Å². The van der Waals surface area contributed by atoms with Gasteiger partial charge in [-0.25, -0.2) is 0 Å². The molecule has 0 radical (unpaired) electrons. The van der Waals surface area contributed by atoms with Gasteiger partial charge in [-0.3, -0.25) is 9.69 Å². The Balaban J connectivity index is 1.29. The summed E-state index contributed by atoms with van der Waals surface area (Å²) < 4.78 is 5.35. The van der Waals surface area contributed by atoms with Gasteiger partial charge in [0.25, 0.3) is 0 Å². The molecule has 1 aromatic carbocycles. The number of rotatable bonds is 5. The van der Waals surface area contributed by atoms with Gasteiger partial charge in [0.1, 0.15) is 5.75 Å². The van der Waals surface area contributed by atoms with Crippen molar-refractivity contribution in [1.29, 1.82) is 0 Å². The number of hydrogen-bond donors (Lipinski definition) is 2. The highest BCUT2D eigenvalue weighted by Crippen LogP contribution is 2.26. The standard InChI is InChI=1S/C19H20N4O3S/c24-15-5-2-1-4-14(15)20-19(25)13-7-9-23(10-8-13)12-17-21-18(22-26-17)16-6-3-11-27-16/h1-6,11,13,24H,7-10,12H2,(H,20,25). The monoisotopic (exact) mass is 384 g/mol. The van der Waals surface area contributed by atoms with Crippen LogP contribution in [0.1, 0.15) is 18.7 Å². The van der Waals surface area contributed by atoms with Crippen LogP contribution in [0, 0.1) is 5.92 Å². The highest BCUT2D eigenvalue weighted by Gasteiger charge is 2.26. The smallest absolute Gasteiger partial charge is 0.241 e. The van der Waals surface area contributed by atoms with Crippen LogP contribution in [-0.2, 0) is 11.3 Å². The van der Waals surface area contributed by atoms with Crippen LogP contribution in [0.15, 0.2) is 46.3 Å². The van der Waals surface area contributed by atoms with E-state index in [4.69, 9.17) is 4.52 Å². The van der Waals surface area contributed by atoms with Crippen molar-refractivity contribution in [2.75, 3.05) is 18.4 Å². The maximum absolute atomic E-state index is 12.4. The number of phenols is 1. The maximum Gasteiger partial charge on any atom is 0.241 e. The Labute approximate surface area is 160 Å². The number of phenolic OH excluding ortho intramolecular Hbond substituents is 1. The molecule has 3 heterocycles. The Morgan fingerprint density at radius 3 is 2.81 bits per heavy atom. The van der Waals surface area contributed by atoms with E-state index < -0.39 is 0 Å². The number of hydrogen-bond acceptors (Lipinski definition) is 7. The molecule has 8 heteroatoms. The summed E-state index contributed by atoms with van der Waals surface area (Å²) in [7, 11) is 0. The molecular weight excluding hydrogens is 364 g/mol. The third kappa shape index (κ3) is 4.17. The Hall–Kier alpha value is -2.71. The molecule has 0 spiro atoms. The zero-order chi connectivity index (χ0) is 18.6. The number of anilines is 1. The summed E-state index contributed by atoms with van der Waals surface area (Å²) in [6.07, 6.45) is 1.51. The van der Waals surface area contributed by atoms with Crippen molar-refractivity contribution in [2.24, 2.45) is 5.92 Å². The lowest BCUT2D eigenvalue weighted by Crippen LogP contribution is -2.37. The summed E-state index contributed by atoms with van der Waals surface area (Å²) in [5, 5.41) is 18.6. The Morgan fingerprint density at radius 1 is 1.26 bits per heavy atom. The molecule has 1 aliphatic rings. The summed E-state index contributed by atoms with van der Waals surface area (Å²) in [6, 6.07) is 10.7. The molecule has 1 amide bonds. The number of benzene rings is 1. The Kier molecular flexibility index (Phi) is 5.17. The molecular formula is C19H20N4O3S. The number of aromatic nitrogens is 2. The number of aromatic hydroxyl groups is 1. The van der Waals surface area contributed by atoms with Crippen LogP contribution in [0.4, 0.5) is 5.69 Å². The lowest BCUT2D eigenvalue weighted by atomic mass is 9.96. The van der Waals surface area contributed by atoms with Gasteiger partial charge in [-0.1, -0.05) is 23.4 Å². The van der Waals surface area contributed by atoms with E-state index >= 15 is 0 Å². The van der Waals surface area contributed by atoms with Crippen molar-refractivity contribution in [3.05, 3.63) is 47.7 Å². The highest BCUT2D eigenvalue weighted by atomic mass is 32.1. The summed E-state index contributed by atoms with van der Waals surface area (Å²) in [4.78, 5) is 20.1. The molecule has 1 saturated heterocycles. The van der Waals surface area contributed by atoms with E-state index in [1.807, 2.05) is 17.5 Å². The van der Waals surface area contributed by atoms with Crippen LogP contribution >= 0.6 is 11.3 Å². The number of piperidine rings is 1. The predicted molar refractivity (Wildman–Crippen MR) is 102 cm³/mol. The molecule has 4 rings (SSSR count). The van der Waals surface area contributed by atoms with E-state index in [1.54, 1.807) is 35.6 Å². The molecule has 2 N–H and O–H groups in total. The van der Waals surface area contributed by atoms with Crippen molar-refractivity contribution in [3.63, 3.8) is 0 Å². The van der Waals surface area contributed by atoms with Gasteiger partial charge in [0.2, 0.25) is 17.6 Å². The zero-order valence-electron chi connectivity index (χ0n) is 14.7.